The van der Waals surface area contributed by atoms with Crippen LogP contribution in [0.5, 0.6) is 0 Å². The molecule has 2 aliphatic heterocycles. The van der Waals surface area contributed by atoms with Crippen LogP contribution in [0.2, 0.25) is 0 Å². The van der Waals surface area contributed by atoms with Crippen molar-refractivity contribution >= 4 is 27.6 Å². The Morgan fingerprint density at radius 3 is 2.46 bits per heavy atom. The Morgan fingerprint density at radius 2 is 1.69 bits per heavy atom. The first-order valence-corrected chi connectivity index (χ1v) is 10.0. The Kier molecular flexibility index (Phi) is 3.70. The van der Waals surface area contributed by atoms with Gasteiger partial charge in [-0.15, -0.1) is 0 Å². The summed E-state index contributed by atoms with van der Waals surface area (Å²) in [4.78, 5) is 15.1. The van der Waals surface area contributed by atoms with Crippen LogP contribution in [0.15, 0.2) is 60.7 Å². The molecule has 3 heteroatoms. The molecule has 0 unspecified atom stereocenters. The van der Waals surface area contributed by atoms with Crippen LogP contribution in [0, 0.1) is 0 Å². The highest BCUT2D eigenvalue weighted by molar-refractivity contribution is 8.15. The van der Waals surface area contributed by atoms with Gasteiger partial charge in [-0.1, -0.05) is 60.3 Å². The predicted octanol–water partition coefficient (Wildman–Crippen LogP) is 5.31. The molecule has 3 aromatic rings. The van der Waals surface area contributed by atoms with Gasteiger partial charge in [0.15, 0.2) is 0 Å². The second-order valence-electron chi connectivity index (χ2n) is 7.48. The number of hydrogen-bond donors (Lipinski definition) is 0. The molecule has 0 amide bonds. The van der Waals surface area contributed by atoms with E-state index in [1.54, 1.807) is 11.8 Å². The molecule has 0 saturated carbocycles. The van der Waals surface area contributed by atoms with E-state index in [2.05, 4.69) is 72.6 Å². The van der Waals surface area contributed by atoms with Crippen molar-refractivity contribution in [3.63, 3.8) is 0 Å². The topological polar surface area (TPSA) is 20.3 Å². The minimum Gasteiger partial charge on any atom is -0.306 e. The first-order chi connectivity index (χ1) is 12.7. The third-order valence-corrected chi connectivity index (χ3v) is 7.32. The Labute approximate surface area is 158 Å². The summed E-state index contributed by atoms with van der Waals surface area (Å²) < 4.78 is -0.0308. The fraction of sp³-hybridized carbons (Fsp3) is 0.261. The van der Waals surface area contributed by atoms with Crippen molar-refractivity contribution in [2.45, 2.75) is 17.6 Å². The van der Waals surface area contributed by atoms with Gasteiger partial charge in [-0.2, -0.15) is 0 Å². The normalized spacial score (nSPS) is 19.2. The number of nitrogens with zero attached hydrogens (tertiary/aromatic N) is 1. The molecule has 2 nitrogen and oxygen atoms in total. The quantitative estimate of drug-likeness (QED) is 0.587. The van der Waals surface area contributed by atoms with Gasteiger partial charge in [-0.3, -0.25) is 4.79 Å². The number of thioether (sulfide) groups is 1. The Morgan fingerprint density at radius 1 is 0.923 bits per heavy atom. The first kappa shape index (κ1) is 16.1. The van der Waals surface area contributed by atoms with Gasteiger partial charge in [0, 0.05) is 5.56 Å². The Balaban J connectivity index is 1.73. The zero-order valence-electron chi connectivity index (χ0n) is 14.9. The Hall–Kier alpha value is -2.10. The molecule has 1 saturated heterocycles. The van der Waals surface area contributed by atoms with Gasteiger partial charge in [0.05, 0.1) is 4.75 Å². The summed E-state index contributed by atoms with van der Waals surface area (Å²) in [5.74, 6) is 0. The second-order valence-corrected chi connectivity index (χ2v) is 8.83. The third kappa shape index (κ3) is 2.42. The molecule has 0 atom stereocenters. The van der Waals surface area contributed by atoms with Crippen LogP contribution in [0.25, 0.3) is 21.9 Å². The van der Waals surface area contributed by atoms with Crippen molar-refractivity contribution < 1.29 is 4.79 Å². The Bertz CT molecular complexity index is 1000. The highest BCUT2D eigenvalue weighted by Gasteiger charge is 2.45. The summed E-state index contributed by atoms with van der Waals surface area (Å²) in [6.45, 7) is 2.11. The lowest BCUT2D eigenvalue weighted by Crippen LogP contribution is -2.37. The maximum absolute atomic E-state index is 12.8. The van der Waals surface area contributed by atoms with Crippen molar-refractivity contribution in [1.29, 1.82) is 0 Å². The predicted molar refractivity (Wildman–Crippen MR) is 110 cm³/mol. The van der Waals surface area contributed by atoms with E-state index in [1.165, 1.54) is 22.1 Å². The highest BCUT2D eigenvalue weighted by atomic mass is 32.2. The molecular formula is C23H21NOS. The molecular weight excluding hydrogens is 338 g/mol. The fourth-order valence-electron chi connectivity index (χ4n) is 4.38. The molecule has 0 bridgehead atoms. The number of carbonyl (C=O) groups excluding carboxylic acids is 1. The minimum absolute atomic E-state index is 0.0308. The summed E-state index contributed by atoms with van der Waals surface area (Å²) in [6, 6.07) is 21.4. The van der Waals surface area contributed by atoms with Gasteiger partial charge in [0.2, 0.25) is 5.12 Å². The average Bonchev–Trinajstić information content (AvgIpc) is 2.94. The molecule has 26 heavy (non-hydrogen) atoms. The second kappa shape index (κ2) is 5.97. The lowest BCUT2D eigenvalue weighted by atomic mass is 9.84. The summed E-state index contributed by atoms with van der Waals surface area (Å²) in [7, 11) is 2.17. The van der Waals surface area contributed by atoms with Crippen LogP contribution < -0.4 is 0 Å². The van der Waals surface area contributed by atoms with Crippen LogP contribution in [0.4, 0.5) is 0 Å². The van der Waals surface area contributed by atoms with Gasteiger partial charge >= 0.3 is 0 Å². The van der Waals surface area contributed by atoms with Gasteiger partial charge in [-0.25, -0.2) is 0 Å². The molecule has 130 valence electrons. The van der Waals surface area contributed by atoms with Crippen LogP contribution in [-0.2, 0) is 4.75 Å². The smallest absolute Gasteiger partial charge is 0.220 e. The molecule has 1 fully saturated rings. The van der Waals surface area contributed by atoms with Crippen molar-refractivity contribution in [3.05, 3.63) is 71.8 Å². The molecule has 0 N–H and O–H groups in total. The summed E-state index contributed by atoms with van der Waals surface area (Å²) in [5, 5.41) is 2.66. The van der Waals surface area contributed by atoms with Gasteiger partial charge in [0.25, 0.3) is 0 Å². The average molecular weight is 359 g/mol. The van der Waals surface area contributed by atoms with Gasteiger partial charge in [-0.05, 0) is 72.6 Å². The largest absolute Gasteiger partial charge is 0.306 e. The van der Waals surface area contributed by atoms with E-state index < -0.39 is 0 Å². The van der Waals surface area contributed by atoms with E-state index in [0.717, 1.165) is 36.9 Å². The molecule has 2 aliphatic rings. The van der Waals surface area contributed by atoms with Crippen LogP contribution in [0.1, 0.15) is 28.8 Å². The summed E-state index contributed by atoms with van der Waals surface area (Å²) >= 11 is 1.57. The molecule has 0 aromatic heterocycles. The zero-order valence-corrected chi connectivity index (χ0v) is 15.7. The van der Waals surface area contributed by atoms with E-state index >= 15 is 0 Å². The van der Waals surface area contributed by atoms with Crippen LogP contribution in [-0.4, -0.2) is 30.2 Å². The number of rotatable bonds is 1. The highest BCUT2D eigenvalue weighted by Crippen LogP contribution is 2.54. The van der Waals surface area contributed by atoms with Crippen LogP contribution >= 0.6 is 11.8 Å². The van der Waals surface area contributed by atoms with Gasteiger partial charge in [0.1, 0.15) is 0 Å². The van der Waals surface area contributed by atoms with E-state index in [0.29, 0.717) is 0 Å². The molecule has 0 radical (unpaired) electrons. The number of likely N-dealkylation sites (tertiary alicyclic amines) is 1. The van der Waals surface area contributed by atoms with Crippen molar-refractivity contribution in [2.75, 3.05) is 20.1 Å². The maximum atomic E-state index is 12.8. The van der Waals surface area contributed by atoms with E-state index in [9.17, 15) is 4.79 Å². The van der Waals surface area contributed by atoms with Crippen molar-refractivity contribution in [3.8, 4) is 11.1 Å². The number of piperidine rings is 1. The van der Waals surface area contributed by atoms with Crippen molar-refractivity contribution in [2.24, 2.45) is 0 Å². The fourth-order valence-corrected chi connectivity index (χ4v) is 5.68. The summed E-state index contributed by atoms with van der Waals surface area (Å²) in [5.41, 5.74) is 4.67. The number of hydrogen-bond acceptors (Lipinski definition) is 3. The lowest BCUT2D eigenvalue weighted by molar-refractivity contribution is 0.109. The van der Waals surface area contributed by atoms with E-state index in [-0.39, 0.29) is 9.86 Å². The lowest BCUT2D eigenvalue weighted by Gasteiger charge is -2.37. The monoisotopic (exact) mass is 359 g/mol. The molecule has 1 spiro atoms. The summed E-state index contributed by atoms with van der Waals surface area (Å²) in [6.07, 6.45) is 2.10. The standard InChI is InChI=1S/C23H21NOS/c1-24-12-10-23(11-13-24)21-15-19-17(14-20(21)22(25)26-23)8-5-9-18(19)16-6-3-2-4-7-16/h2-9,14-15H,10-13H2,1H3. The molecule has 3 aromatic carbocycles. The molecule has 0 aliphatic carbocycles. The number of benzene rings is 3. The number of carbonyl (C=O) groups is 1. The third-order valence-electron chi connectivity index (χ3n) is 5.90. The molecule has 5 rings (SSSR count). The van der Waals surface area contributed by atoms with Gasteiger partial charge < -0.3 is 4.90 Å². The van der Waals surface area contributed by atoms with E-state index in [4.69, 9.17) is 0 Å². The first-order valence-electron chi connectivity index (χ1n) is 9.21. The van der Waals surface area contributed by atoms with Crippen molar-refractivity contribution in [1.82, 2.24) is 4.90 Å². The van der Waals surface area contributed by atoms with Crippen LogP contribution in [0.3, 0.4) is 0 Å². The van der Waals surface area contributed by atoms with E-state index in [1.807, 2.05) is 0 Å². The zero-order chi connectivity index (χ0) is 17.7. The SMILES string of the molecule is CN1CCC2(CC1)SC(=O)c1cc3cccc(-c4ccccc4)c3cc12. The maximum Gasteiger partial charge on any atom is 0.220 e. The molecule has 2 heterocycles. The minimum atomic E-state index is -0.0308. The number of fused-ring (bicyclic) bond motifs is 3.